The third kappa shape index (κ3) is 2.27. The minimum atomic E-state index is -0.652. The van der Waals surface area contributed by atoms with Crippen molar-refractivity contribution >= 4 is 23.6 Å². The molecular weight excluding hydrogens is 302 g/mol. The number of amides is 2. The van der Waals surface area contributed by atoms with E-state index < -0.39 is 11.2 Å². The summed E-state index contributed by atoms with van der Waals surface area (Å²) in [4.78, 5) is 36.1. The Morgan fingerprint density at radius 2 is 1.86 bits per heavy atom. The van der Waals surface area contributed by atoms with Crippen LogP contribution in [0.2, 0.25) is 0 Å². The molecule has 0 bridgehead atoms. The normalized spacial score (nSPS) is 18.4. The van der Waals surface area contributed by atoms with Crippen molar-refractivity contribution in [3.63, 3.8) is 0 Å². The van der Waals surface area contributed by atoms with Gasteiger partial charge in [-0.3, -0.25) is 24.4 Å². The summed E-state index contributed by atoms with van der Waals surface area (Å²) in [7, 11) is 1.78. The van der Waals surface area contributed by atoms with E-state index in [0.29, 0.717) is 5.56 Å². The lowest BCUT2D eigenvalue weighted by molar-refractivity contribution is -0.129. The standard InChI is InChI=1S/C15H15N3O3S/c1-9-12(13-14(20)16-11(19)8-22-13)15(21)18(17(9)2)10-6-4-3-5-7-10/h3-7,13H,8H2,1-2H3,(H,16,19,20). The molecule has 0 aliphatic carbocycles. The highest BCUT2D eigenvalue weighted by atomic mass is 32.2. The number of carbonyl (C=O) groups is 2. The lowest BCUT2D eigenvalue weighted by atomic mass is 10.1. The van der Waals surface area contributed by atoms with Crippen LogP contribution in [0.5, 0.6) is 0 Å². The average molecular weight is 317 g/mol. The van der Waals surface area contributed by atoms with Crippen LogP contribution in [-0.2, 0) is 16.6 Å². The van der Waals surface area contributed by atoms with Gasteiger partial charge in [0.15, 0.2) is 0 Å². The molecule has 1 aliphatic rings. The number of thioether (sulfide) groups is 1. The smallest absolute Gasteiger partial charge is 0.276 e. The molecule has 1 N–H and O–H groups in total. The highest BCUT2D eigenvalue weighted by Crippen LogP contribution is 2.31. The van der Waals surface area contributed by atoms with Gasteiger partial charge in [-0.2, -0.15) is 0 Å². The number of hydrogen-bond donors (Lipinski definition) is 1. The molecule has 1 aromatic heterocycles. The minimum absolute atomic E-state index is 0.176. The van der Waals surface area contributed by atoms with Crippen molar-refractivity contribution in [2.24, 2.45) is 7.05 Å². The summed E-state index contributed by atoms with van der Waals surface area (Å²) in [5.74, 6) is -0.564. The number of nitrogens with zero attached hydrogens (tertiary/aromatic N) is 2. The Bertz CT molecular complexity index is 807. The number of rotatable bonds is 2. The maximum absolute atomic E-state index is 12.8. The molecule has 22 heavy (non-hydrogen) atoms. The fraction of sp³-hybridized carbons (Fsp3) is 0.267. The molecule has 1 atom stereocenters. The number of benzene rings is 1. The first-order chi connectivity index (χ1) is 10.5. The van der Waals surface area contributed by atoms with Crippen LogP contribution in [0.4, 0.5) is 0 Å². The van der Waals surface area contributed by atoms with Crippen LogP contribution in [0, 0.1) is 6.92 Å². The van der Waals surface area contributed by atoms with Crippen LogP contribution in [0.15, 0.2) is 35.1 Å². The Labute approximate surface area is 131 Å². The molecule has 7 heteroatoms. The Morgan fingerprint density at radius 1 is 1.18 bits per heavy atom. The highest BCUT2D eigenvalue weighted by molar-refractivity contribution is 8.01. The van der Waals surface area contributed by atoms with E-state index in [4.69, 9.17) is 0 Å². The SMILES string of the molecule is Cc1c(C2SCC(=O)NC2=O)c(=O)n(-c2ccccc2)n1C. The van der Waals surface area contributed by atoms with Gasteiger partial charge < -0.3 is 0 Å². The molecule has 2 heterocycles. The Hall–Kier alpha value is -2.28. The topological polar surface area (TPSA) is 73.1 Å². The largest absolute Gasteiger partial charge is 0.294 e. The highest BCUT2D eigenvalue weighted by Gasteiger charge is 2.34. The van der Waals surface area contributed by atoms with E-state index >= 15 is 0 Å². The number of nitrogens with one attached hydrogen (secondary N) is 1. The zero-order chi connectivity index (χ0) is 15.9. The second-order valence-electron chi connectivity index (χ2n) is 5.08. The van der Waals surface area contributed by atoms with E-state index in [-0.39, 0.29) is 17.2 Å². The lowest BCUT2D eigenvalue weighted by Crippen LogP contribution is -2.41. The van der Waals surface area contributed by atoms with Gasteiger partial charge in [-0.05, 0) is 19.1 Å². The van der Waals surface area contributed by atoms with Crippen molar-refractivity contribution in [2.75, 3.05) is 5.75 Å². The van der Waals surface area contributed by atoms with Crippen LogP contribution in [0.25, 0.3) is 5.69 Å². The van der Waals surface area contributed by atoms with E-state index in [1.165, 1.54) is 16.4 Å². The van der Waals surface area contributed by atoms with Crippen LogP contribution < -0.4 is 10.9 Å². The zero-order valence-corrected chi connectivity index (χ0v) is 13.0. The van der Waals surface area contributed by atoms with Crippen molar-refractivity contribution in [3.8, 4) is 5.69 Å². The van der Waals surface area contributed by atoms with E-state index in [9.17, 15) is 14.4 Å². The molecule has 1 aliphatic heterocycles. The fourth-order valence-corrected chi connectivity index (χ4v) is 3.62. The number of imide groups is 1. The Balaban J connectivity index is 2.13. The first-order valence-corrected chi connectivity index (χ1v) is 7.85. The summed E-state index contributed by atoms with van der Waals surface area (Å²) in [6, 6.07) is 9.25. The van der Waals surface area contributed by atoms with Crippen molar-refractivity contribution in [2.45, 2.75) is 12.2 Å². The first-order valence-electron chi connectivity index (χ1n) is 6.80. The van der Waals surface area contributed by atoms with Gasteiger partial charge in [-0.25, -0.2) is 4.68 Å². The summed E-state index contributed by atoms with van der Waals surface area (Å²) in [6.07, 6.45) is 0. The molecule has 2 aromatic rings. The van der Waals surface area contributed by atoms with Gasteiger partial charge in [0.05, 0.1) is 17.0 Å². The lowest BCUT2D eigenvalue weighted by Gasteiger charge is -2.19. The van der Waals surface area contributed by atoms with Gasteiger partial charge in [0.25, 0.3) is 5.56 Å². The molecular formula is C15H15N3O3S. The van der Waals surface area contributed by atoms with Gasteiger partial charge in [0, 0.05) is 12.7 Å². The quantitative estimate of drug-likeness (QED) is 0.836. The number of para-hydroxylation sites is 1. The van der Waals surface area contributed by atoms with Gasteiger partial charge >= 0.3 is 0 Å². The van der Waals surface area contributed by atoms with Crippen LogP contribution in [-0.4, -0.2) is 26.9 Å². The van der Waals surface area contributed by atoms with Gasteiger partial charge in [0.1, 0.15) is 5.25 Å². The van der Waals surface area contributed by atoms with E-state index in [2.05, 4.69) is 5.32 Å². The molecule has 0 saturated carbocycles. The maximum Gasteiger partial charge on any atom is 0.276 e. The van der Waals surface area contributed by atoms with Crippen LogP contribution in [0.3, 0.4) is 0 Å². The summed E-state index contributed by atoms with van der Waals surface area (Å²) in [5.41, 5.74) is 1.66. The molecule has 0 spiro atoms. The third-order valence-corrected chi connectivity index (χ3v) is 4.95. The fourth-order valence-electron chi connectivity index (χ4n) is 2.58. The molecule has 1 aromatic carbocycles. The summed E-state index contributed by atoms with van der Waals surface area (Å²) >= 11 is 1.19. The van der Waals surface area contributed by atoms with Gasteiger partial charge in [0.2, 0.25) is 11.8 Å². The monoisotopic (exact) mass is 317 g/mol. The first kappa shape index (κ1) is 14.6. The Morgan fingerprint density at radius 3 is 2.50 bits per heavy atom. The van der Waals surface area contributed by atoms with Crippen molar-refractivity contribution in [3.05, 3.63) is 51.9 Å². The Kier molecular flexibility index (Phi) is 3.66. The predicted octanol–water partition coefficient (Wildman–Crippen LogP) is 0.915. The summed E-state index contributed by atoms with van der Waals surface area (Å²) in [5, 5.41) is 1.64. The van der Waals surface area contributed by atoms with E-state index in [1.54, 1.807) is 18.7 Å². The molecule has 3 rings (SSSR count). The zero-order valence-electron chi connectivity index (χ0n) is 12.2. The molecule has 1 unspecified atom stereocenters. The van der Waals surface area contributed by atoms with E-state index in [0.717, 1.165) is 11.4 Å². The van der Waals surface area contributed by atoms with Crippen LogP contribution in [0.1, 0.15) is 16.5 Å². The summed E-state index contributed by atoms with van der Waals surface area (Å²) < 4.78 is 3.27. The second kappa shape index (κ2) is 5.49. The van der Waals surface area contributed by atoms with Gasteiger partial charge in [-0.15, -0.1) is 11.8 Å². The number of hydrogen-bond acceptors (Lipinski definition) is 4. The molecule has 2 amide bonds. The third-order valence-electron chi connectivity index (χ3n) is 3.74. The van der Waals surface area contributed by atoms with Crippen LogP contribution >= 0.6 is 11.8 Å². The predicted molar refractivity (Wildman–Crippen MR) is 84.1 cm³/mol. The average Bonchev–Trinajstić information content (AvgIpc) is 2.71. The van der Waals surface area contributed by atoms with Crippen molar-refractivity contribution in [1.82, 2.24) is 14.7 Å². The number of aromatic nitrogens is 2. The second-order valence-corrected chi connectivity index (χ2v) is 6.17. The molecule has 1 saturated heterocycles. The molecule has 0 radical (unpaired) electrons. The molecule has 6 nitrogen and oxygen atoms in total. The summed E-state index contributed by atoms with van der Waals surface area (Å²) in [6.45, 7) is 1.81. The molecule has 1 fully saturated rings. The maximum atomic E-state index is 12.8. The number of carbonyl (C=O) groups excluding carboxylic acids is 2. The van der Waals surface area contributed by atoms with Gasteiger partial charge in [-0.1, -0.05) is 18.2 Å². The van der Waals surface area contributed by atoms with E-state index in [1.807, 2.05) is 30.3 Å². The minimum Gasteiger partial charge on any atom is -0.294 e. The molecule has 114 valence electrons. The van der Waals surface area contributed by atoms with Crippen molar-refractivity contribution in [1.29, 1.82) is 0 Å². The van der Waals surface area contributed by atoms with Crippen molar-refractivity contribution < 1.29 is 9.59 Å².